The number of benzene rings is 1. The Labute approximate surface area is 117 Å². The van der Waals surface area contributed by atoms with Gasteiger partial charge in [0.1, 0.15) is 6.10 Å². The lowest BCUT2D eigenvalue weighted by Gasteiger charge is -2.11. The monoisotopic (exact) mass is 277 g/mol. The van der Waals surface area contributed by atoms with E-state index in [4.69, 9.17) is 19.7 Å². The van der Waals surface area contributed by atoms with Gasteiger partial charge in [0.2, 0.25) is 11.7 Å². The van der Waals surface area contributed by atoms with Gasteiger partial charge in [-0.1, -0.05) is 35.5 Å². The first-order chi connectivity index (χ1) is 9.78. The smallest absolute Gasteiger partial charge is 0.229 e. The van der Waals surface area contributed by atoms with Gasteiger partial charge in [-0.05, 0) is 5.56 Å². The van der Waals surface area contributed by atoms with Crippen LogP contribution in [-0.2, 0) is 15.9 Å². The maximum atomic E-state index is 5.58. The standard InChI is InChI=1S/C14H19N3O3/c1-18-11(9-15)8-12-16-14(17-20-12)13(19-2)10-6-4-3-5-7-10/h3-7,11,13H,8-9,15H2,1-2H3. The van der Waals surface area contributed by atoms with Crippen LogP contribution in [0, 0.1) is 0 Å². The van der Waals surface area contributed by atoms with E-state index < -0.39 is 0 Å². The van der Waals surface area contributed by atoms with Gasteiger partial charge < -0.3 is 19.7 Å². The highest BCUT2D eigenvalue weighted by molar-refractivity contribution is 5.22. The molecule has 0 saturated heterocycles. The predicted molar refractivity (Wildman–Crippen MR) is 73.1 cm³/mol. The first kappa shape index (κ1) is 14.6. The highest BCUT2D eigenvalue weighted by atomic mass is 16.5. The van der Waals surface area contributed by atoms with E-state index in [9.17, 15) is 0 Å². The summed E-state index contributed by atoms with van der Waals surface area (Å²) in [4.78, 5) is 4.36. The van der Waals surface area contributed by atoms with E-state index in [1.165, 1.54) is 0 Å². The highest BCUT2D eigenvalue weighted by Gasteiger charge is 2.21. The zero-order chi connectivity index (χ0) is 14.4. The lowest BCUT2D eigenvalue weighted by atomic mass is 10.1. The van der Waals surface area contributed by atoms with Crippen molar-refractivity contribution in [2.45, 2.75) is 18.6 Å². The number of aromatic nitrogens is 2. The Balaban J connectivity index is 2.14. The fourth-order valence-electron chi connectivity index (χ4n) is 1.93. The second-order valence-corrected chi connectivity index (χ2v) is 4.37. The summed E-state index contributed by atoms with van der Waals surface area (Å²) in [5.74, 6) is 0.996. The number of ether oxygens (including phenoxy) is 2. The first-order valence-electron chi connectivity index (χ1n) is 6.41. The molecule has 0 aliphatic heterocycles. The predicted octanol–water partition coefficient (Wildman–Crippen LogP) is 1.32. The number of rotatable bonds is 7. The molecule has 6 heteroatoms. The third kappa shape index (κ3) is 3.41. The molecule has 2 aromatic rings. The molecule has 6 nitrogen and oxygen atoms in total. The quantitative estimate of drug-likeness (QED) is 0.821. The van der Waals surface area contributed by atoms with Crippen LogP contribution in [-0.4, -0.2) is 37.0 Å². The Bertz CT molecular complexity index is 511. The topological polar surface area (TPSA) is 83.4 Å². The average Bonchev–Trinajstić information content (AvgIpc) is 2.95. The van der Waals surface area contributed by atoms with Crippen LogP contribution >= 0.6 is 0 Å². The molecular weight excluding hydrogens is 258 g/mol. The third-order valence-corrected chi connectivity index (χ3v) is 3.05. The Morgan fingerprint density at radius 3 is 2.55 bits per heavy atom. The van der Waals surface area contributed by atoms with Crippen LogP contribution in [0.4, 0.5) is 0 Å². The SMILES string of the molecule is COC(CN)Cc1nc(C(OC)c2ccccc2)no1. The fraction of sp³-hybridized carbons (Fsp3) is 0.429. The van der Waals surface area contributed by atoms with Crippen LogP contribution < -0.4 is 5.73 Å². The highest BCUT2D eigenvalue weighted by Crippen LogP contribution is 2.22. The molecule has 0 saturated carbocycles. The van der Waals surface area contributed by atoms with Gasteiger partial charge in [0.15, 0.2) is 0 Å². The summed E-state index contributed by atoms with van der Waals surface area (Å²) < 4.78 is 15.9. The Hall–Kier alpha value is -1.76. The van der Waals surface area contributed by atoms with Gasteiger partial charge in [0.25, 0.3) is 0 Å². The van der Waals surface area contributed by atoms with E-state index in [0.717, 1.165) is 5.56 Å². The molecule has 20 heavy (non-hydrogen) atoms. The minimum absolute atomic E-state index is 0.124. The van der Waals surface area contributed by atoms with Crippen molar-refractivity contribution in [1.29, 1.82) is 0 Å². The number of nitrogens with two attached hydrogens (primary N) is 1. The molecule has 2 N–H and O–H groups in total. The van der Waals surface area contributed by atoms with Gasteiger partial charge >= 0.3 is 0 Å². The van der Waals surface area contributed by atoms with E-state index in [-0.39, 0.29) is 12.2 Å². The summed E-state index contributed by atoms with van der Waals surface area (Å²) >= 11 is 0. The molecule has 108 valence electrons. The zero-order valence-corrected chi connectivity index (χ0v) is 11.7. The van der Waals surface area contributed by atoms with Crippen molar-refractivity contribution in [3.63, 3.8) is 0 Å². The van der Waals surface area contributed by atoms with E-state index in [1.54, 1.807) is 14.2 Å². The van der Waals surface area contributed by atoms with E-state index in [1.807, 2.05) is 30.3 Å². The molecule has 0 radical (unpaired) electrons. The summed E-state index contributed by atoms with van der Waals surface area (Å²) in [6, 6.07) is 9.75. The van der Waals surface area contributed by atoms with Crippen molar-refractivity contribution < 1.29 is 14.0 Å². The molecule has 1 aromatic carbocycles. The maximum absolute atomic E-state index is 5.58. The normalized spacial score (nSPS) is 14.2. The number of hydrogen-bond acceptors (Lipinski definition) is 6. The molecule has 0 fully saturated rings. The minimum atomic E-state index is -0.340. The summed E-state index contributed by atoms with van der Waals surface area (Å²) in [6.45, 7) is 0.403. The van der Waals surface area contributed by atoms with Gasteiger partial charge in [-0.25, -0.2) is 0 Å². The van der Waals surface area contributed by atoms with Crippen LogP contribution in [0.3, 0.4) is 0 Å². The molecule has 2 unspecified atom stereocenters. The van der Waals surface area contributed by atoms with E-state index >= 15 is 0 Å². The second-order valence-electron chi connectivity index (χ2n) is 4.37. The van der Waals surface area contributed by atoms with Crippen molar-refractivity contribution >= 4 is 0 Å². The van der Waals surface area contributed by atoms with Crippen molar-refractivity contribution in [2.75, 3.05) is 20.8 Å². The van der Waals surface area contributed by atoms with Crippen molar-refractivity contribution in [3.05, 3.63) is 47.6 Å². The molecule has 0 aliphatic carbocycles. The van der Waals surface area contributed by atoms with Crippen molar-refractivity contribution in [3.8, 4) is 0 Å². The van der Waals surface area contributed by atoms with E-state index in [2.05, 4.69) is 10.1 Å². The van der Waals surface area contributed by atoms with Gasteiger partial charge in [-0.3, -0.25) is 0 Å². The van der Waals surface area contributed by atoms with Gasteiger partial charge in [0, 0.05) is 20.8 Å². The molecule has 0 spiro atoms. The molecule has 2 rings (SSSR count). The Kier molecular flexibility index (Phi) is 5.23. The summed E-state index contributed by atoms with van der Waals surface area (Å²) in [6.07, 6.45) is 0.0270. The number of methoxy groups -OCH3 is 2. The molecule has 0 bridgehead atoms. The Morgan fingerprint density at radius 1 is 1.20 bits per heavy atom. The van der Waals surface area contributed by atoms with Crippen LogP contribution in [0.25, 0.3) is 0 Å². The molecule has 0 amide bonds. The van der Waals surface area contributed by atoms with Gasteiger partial charge in [-0.15, -0.1) is 0 Å². The summed E-state index contributed by atoms with van der Waals surface area (Å²) in [7, 11) is 3.22. The van der Waals surface area contributed by atoms with Gasteiger partial charge in [-0.2, -0.15) is 4.98 Å². The lowest BCUT2D eigenvalue weighted by Crippen LogP contribution is -2.24. The van der Waals surface area contributed by atoms with Crippen LogP contribution in [0.1, 0.15) is 23.4 Å². The maximum Gasteiger partial charge on any atom is 0.229 e. The minimum Gasteiger partial charge on any atom is -0.380 e. The third-order valence-electron chi connectivity index (χ3n) is 3.05. The van der Waals surface area contributed by atoms with Crippen LogP contribution in [0.2, 0.25) is 0 Å². The Morgan fingerprint density at radius 2 is 1.95 bits per heavy atom. The first-order valence-corrected chi connectivity index (χ1v) is 6.41. The summed E-state index contributed by atoms with van der Waals surface area (Å²) in [5.41, 5.74) is 6.55. The zero-order valence-electron chi connectivity index (χ0n) is 11.7. The van der Waals surface area contributed by atoms with E-state index in [0.29, 0.717) is 24.7 Å². The molecule has 1 heterocycles. The fourth-order valence-corrected chi connectivity index (χ4v) is 1.93. The van der Waals surface area contributed by atoms with Crippen molar-refractivity contribution in [2.24, 2.45) is 5.73 Å². The number of hydrogen-bond donors (Lipinski definition) is 1. The van der Waals surface area contributed by atoms with Gasteiger partial charge in [0.05, 0.1) is 12.5 Å². The van der Waals surface area contributed by atoms with Crippen LogP contribution in [0.15, 0.2) is 34.9 Å². The second kappa shape index (κ2) is 7.14. The molecule has 1 aromatic heterocycles. The summed E-state index contributed by atoms with van der Waals surface area (Å²) in [5, 5.41) is 3.98. The van der Waals surface area contributed by atoms with Crippen molar-refractivity contribution in [1.82, 2.24) is 10.1 Å². The molecule has 0 aliphatic rings. The largest absolute Gasteiger partial charge is 0.380 e. The molecular formula is C14H19N3O3. The molecule has 2 atom stereocenters. The average molecular weight is 277 g/mol. The lowest BCUT2D eigenvalue weighted by molar-refractivity contribution is 0.102. The van der Waals surface area contributed by atoms with Crippen LogP contribution in [0.5, 0.6) is 0 Å². The number of nitrogens with zero attached hydrogens (tertiary/aromatic N) is 2.